The van der Waals surface area contributed by atoms with E-state index in [0.29, 0.717) is 39.2 Å². The SMILES string of the molecule is CC(C)n1c(CC[C@@H](O)C[C@@H](O)CC(=O)O)c(-c2ccc(F)cc2)c(-c2ccc(F)cc2)c1C(=O)Nc1ccc(CC(N)=O)cc1. The molecule has 0 aliphatic carbocycles. The van der Waals surface area contributed by atoms with Crippen molar-refractivity contribution in [2.45, 2.75) is 64.2 Å². The number of anilines is 1. The van der Waals surface area contributed by atoms with E-state index < -0.39 is 48.0 Å². The van der Waals surface area contributed by atoms with E-state index in [0.717, 1.165) is 0 Å². The molecule has 0 aliphatic rings. The van der Waals surface area contributed by atoms with Gasteiger partial charge < -0.3 is 30.9 Å². The van der Waals surface area contributed by atoms with Crippen molar-refractivity contribution in [1.29, 1.82) is 0 Å². The predicted octanol–water partition coefficient (Wildman–Crippen LogP) is 5.48. The molecule has 0 bridgehead atoms. The number of carboxylic acid groups (broad SMARTS) is 1. The first-order valence-corrected chi connectivity index (χ1v) is 14.9. The zero-order chi connectivity index (χ0) is 33.5. The minimum Gasteiger partial charge on any atom is -0.481 e. The highest BCUT2D eigenvalue weighted by Crippen LogP contribution is 2.43. The second kappa shape index (κ2) is 14.9. The van der Waals surface area contributed by atoms with Crippen LogP contribution in [0.4, 0.5) is 14.5 Å². The van der Waals surface area contributed by atoms with Crippen LogP contribution in [0.15, 0.2) is 72.8 Å². The van der Waals surface area contributed by atoms with E-state index in [1.54, 1.807) is 48.5 Å². The highest BCUT2D eigenvalue weighted by Gasteiger charge is 2.30. The summed E-state index contributed by atoms with van der Waals surface area (Å²) < 4.78 is 30.0. The number of carbonyl (C=O) groups is 3. The van der Waals surface area contributed by atoms with Crippen LogP contribution in [0.2, 0.25) is 0 Å². The van der Waals surface area contributed by atoms with Gasteiger partial charge in [0, 0.05) is 28.6 Å². The van der Waals surface area contributed by atoms with Crippen LogP contribution in [0.25, 0.3) is 22.3 Å². The van der Waals surface area contributed by atoms with Crippen LogP contribution in [0.1, 0.15) is 60.9 Å². The molecule has 0 spiro atoms. The summed E-state index contributed by atoms with van der Waals surface area (Å²) in [5, 5.41) is 32.8. The minimum absolute atomic E-state index is 0.0444. The lowest BCUT2D eigenvalue weighted by atomic mass is 9.92. The summed E-state index contributed by atoms with van der Waals surface area (Å²) in [4.78, 5) is 36.6. The Labute approximate surface area is 265 Å². The highest BCUT2D eigenvalue weighted by atomic mass is 19.1. The Kier molecular flexibility index (Phi) is 11.0. The lowest BCUT2D eigenvalue weighted by Gasteiger charge is -2.20. The number of nitrogens with zero attached hydrogens (tertiary/aromatic N) is 1. The maximum absolute atomic E-state index is 14.2. The molecule has 11 heteroatoms. The number of aliphatic hydroxyl groups is 2. The van der Waals surface area contributed by atoms with Crippen LogP contribution in [0.5, 0.6) is 0 Å². The standard InChI is InChI=1S/C35H37F2N3O6/c1-20(2)40-29(16-15-27(41)18-28(42)19-31(44)45)32(22-5-9-24(36)10-6-22)33(23-7-11-25(37)12-8-23)34(40)35(46)39-26-13-3-21(4-14-26)17-30(38)43/h3-14,20,27-28,41-42H,15-19H2,1-2H3,(H2,38,43)(H,39,46)(H,44,45)/t27-,28-/m1/s1. The van der Waals surface area contributed by atoms with Crippen LogP contribution in [-0.4, -0.2) is 49.9 Å². The van der Waals surface area contributed by atoms with Crippen LogP contribution < -0.4 is 11.1 Å². The second-order valence-electron chi connectivity index (χ2n) is 11.5. The fourth-order valence-electron chi connectivity index (χ4n) is 5.62. The van der Waals surface area contributed by atoms with E-state index in [4.69, 9.17) is 10.8 Å². The van der Waals surface area contributed by atoms with Crippen molar-refractivity contribution in [2.75, 3.05) is 5.32 Å². The quantitative estimate of drug-likeness (QED) is 0.124. The van der Waals surface area contributed by atoms with E-state index in [1.165, 1.54) is 24.3 Å². The molecule has 4 aromatic rings. The Hall–Kier alpha value is -4.87. The molecule has 1 aromatic heterocycles. The van der Waals surface area contributed by atoms with E-state index in [9.17, 15) is 33.4 Å². The van der Waals surface area contributed by atoms with Gasteiger partial charge in [0.2, 0.25) is 5.91 Å². The smallest absolute Gasteiger partial charge is 0.305 e. The number of halogens is 2. The first-order chi connectivity index (χ1) is 21.8. The zero-order valence-corrected chi connectivity index (χ0v) is 25.5. The van der Waals surface area contributed by atoms with Gasteiger partial charge in [0.05, 0.1) is 25.0 Å². The number of hydrogen-bond acceptors (Lipinski definition) is 5. The van der Waals surface area contributed by atoms with Gasteiger partial charge in [0.25, 0.3) is 5.91 Å². The minimum atomic E-state index is -1.24. The third-order valence-corrected chi connectivity index (χ3v) is 7.56. The van der Waals surface area contributed by atoms with Gasteiger partial charge in [-0.3, -0.25) is 14.4 Å². The van der Waals surface area contributed by atoms with Crippen molar-refractivity contribution < 1.29 is 38.5 Å². The molecule has 0 radical (unpaired) electrons. The van der Waals surface area contributed by atoms with Crippen LogP contribution in [0.3, 0.4) is 0 Å². The highest BCUT2D eigenvalue weighted by molar-refractivity contribution is 6.11. The number of aromatic nitrogens is 1. The molecule has 1 heterocycles. The van der Waals surface area contributed by atoms with Gasteiger partial charge >= 0.3 is 5.97 Å². The van der Waals surface area contributed by atoms with E-state index in [1.807, 2.05) is 18.4 Å². The van der Waals surface area contributed by atoms with Crippen molar-refractivity contribution in [3.05, 3.63) is 101 Å². The molecule has 6 N–H and O–H groups in total. The Bertz CT molecular complexity index is 1680. The first-order valence-electron chi connectivity index (χ1n) is 14.9. The third-order valence-electron chi connectivity index (χ3n) is 7.56. The molecule has 9 nitrogen and oxygen atoms in total. The van der Waals surface area contributed by atoms with Gasteiger partial charge in [0.1, 0.15) is 17.3 Å². The Morgan fingerprint density at radius 1 is 0.826 bits per heavy atom. The van der Waals surface area contributed by atoms with Crippen molar-refractivity contribution in [3.8, 4) is 22.3 Å². The number of benzene rings is 3. The van der Waals surface area contributed by atoms with Crippen molar-refractivity contribution in [1.82, 2.24) is 4.57 Å². The molecule has 2 atom stereocenters. The van der Waals surface area contributed by atoms with E-state index in [-0.39, 0.29) is 37.4 Å². The average molecular weight is 634 g/mol. The van der Waals surface area contributed by atoms with E-state index >= 15 is 0 Å². The number of carboxylic acids is 1. The molecule has 4 rings (SSSR count). The van der Waals surface area contributed by atoms with Crippen LogP contribution in [0, 0.1) is 11.6 Å². The Balaban J connectivity index is 1.88. The normalized spacial score (nSPS) is 12.6. The molecule has 0 unspecified atom stereocenters. The van der Waals surface area contributed by atoms with Crippen LogP contribution >= 0.6 is 0 Å². The monoisotopic (exact) mass is 633 g/mol. The van der Waals surface area contributed by atoms with E-state index in [2.05, 4.69) is 5.32 Å². The molecule has 3 aromatic carbocycles. The van der Waals surface area contributed by atoms with Gasteiger partial charge in [-0.1, -0.05) is 36.4 Å². The van der Waals surface area contributed by atoms with Gasteiger partial charge in [-0.05, 0) is 86.2 Å². The molecule has 46 heavy (non-hydrogen) atoms. The van der Waals surface area contributed by atoms with Gasteiger partial charge in [-0.25, -0.2) is 8.78 Å². The average Bonchev–Trinajstić information content (AvgIpc) is 3.32. The van der Waals surface area contributed by atoms with Crippen molar-refractivity contribution in [3.63, 3.8) is 0 Å². The van der Waals surface area contributed by atoms with Crippen molar-refractivity contribution in [2.24, 2.45) is 5.73 Å². The summed E-state index contributed by atoms with van der Waals surface area (Å²) in [6, 6.07) is 17.8. The summed E-state index contributed by atoms with van der Waals surface area (Å²) in [6.07, 6.45) is -2.61. The molecular formula is C35H37F2N3O6. The number of primary amides is 1. The Morgan fingerprint density at radius 3 is 1.87 bits per heavy atom. The largest absolute Gasteiger partial charge is 0.481 e. The second-order valence-corrected chi connectivity index (χ2v) is 11.5. The van der Waals surface area contributed by atoms with Gasteiger partial charge in [-0.15, -0.1) is 0 Å². The number of nitrogens with one attached hydrogen (secondary N) is 1. The number of aliphatic carboxylic acids is 1. The molecule has 0 saturated carbocycles. The fourth-order valence-corrected chi connectivity index (χ4v) is 5.62. The Morgan fingerprint density at radius 2 is 1.37 bits per heavy atom. The predicted molar refractivity (Wildman–Crippen MR) is 170 cm³/mol. The molecule has 242 valence electrons. The maximum Gasteiger partial charge on any atom is 0.305 e. The number of amides is 2. The van der Waals surface area contributed by atoms with Gasteiger partial charge in [0.15, 0.2) is 0 Å². The van der Waals surface area contributed by atoms with Gasteiger partial charge in [-0.2, -0.15) is 0 Å². The van der Waals surface area contributed by atoms with Crippen LogP contribution in [-0.2, 0) is 22.4 Å². The van der Waals surface area contributed by atoms with Crippen molar-refractivity contribution >= 4 is 23.5 Å². The summed E-state index contributed by atoms with van der Waals surface area (Å²) in [5.74, 6) is -3.09. The summed E-state index contributed by atoms with van der Waals surface area (Å²) in [5.41, 5.74) is 9.47. The summed E-state index contributed by atoms with van der Waals surface area (Å²) in [7, 11) is 0. The topological polar surface area (TPSA) is 155 Å². The number of carbonyl (C=O) groups excluding carboxylic acids is 2. The first kappa shape index (κ1) is 34.0. The summed E-state index contributed by atoms with van der Waals surface area (Å²) >= 11 is 0. The molecule has 0 aliphatic heterocycles. The molecule has 0 saturated heterocycles. The third kappa shape index (κ3) is 8.43. The lowest BCUT2D eigenvalue weighted by Crippen LogP contribution is -2.23. The number of rotatable bonds is 14. The maximum atomic E-state index is 14.2. The number of nitrogens with two attached hydrogens (primary N) is 1. The molecular weight excluding hydrogens is 596 g/mol. The lowest BCUT2D eigenvalue weighted by molar-refractivity contribution is -0.139. The molecule has 0 fully saturated rings. The fraction of sp³-hybridized carbons (Fsp3) is 0.286. The zero-order valence-electron chi connectivity index (χ0n) is 25.5. The molecule has 2 amide bonds. The number of aliphatic hydroxyl groups excluding tert-OH is 2. The summed E-state index contributed by atoms with van der Waals surface area (Å²) in [6.45, 7) is 3.77. The number of hydrogen-bond donors (Lipinski definition) is 5.